The van der Waals surface area contributed by atoms with E-state index in [1.54, 1.807) is 55.2 Å². The van der Waals surface area contributed by atoms with Gasteiger partial charge in [-0.15, -0.1) is 0 Å². The quantitative estimate of drug-likeness (QED) is 0.0600. The number of carbonyl (C=O) groups is 1. The lowest BCUT2D eigenvalue weighted by Gasteiger charge is -2.36. The van der Waals surface area contributed by atoms with Crippen LogP contribution in [0.5, 0.6) is 23.1 Å². The molecule has 0 spiro atoms. The zero-order chi connectivity index (χ0) is 40.2. The SMILES string of the molecule is CCOC(=O)[C@@H](Cc1cc(O[Si](C)(C)C(C)(C)C)ccc1OCc1ccnc(-c2ccccc2OC)n1)Oc1nccn2c(Cl)c(-c3ccc(F)cc3)c(I)c12. The molecule has 292 valence electrons. The van der Waals surface area contributed by atoms with Crippen LogP contribution in [0.25, 0.3) is 28.0 Å². The second-order valence-corrected chi connectivity index (χ2v) is 20.7. The Morgan fingerprint density at radius 2 is 1.75 bits per heavy atom. The summed E-state index contributed by atoms with van der Waals surface area (Å²) >= 11 is 9.07. The topological polar surface area (TPSA) is 106 Å². The third kappa shape index (κ3) is 8.95. The number of hydrogen-bond acceptors (Lipinski definition) is 9. The van der Waals surface area contributed by atoms with Crippen LogP contribution in [0.3, 0.4) is 0 Å². The summed E-state index contributed by atoms with van der Waals surface area (Å²) in [5, 5.41) is 0.332. The highest BCUT2D eigenvalue weighted by atomic mass is 127. The number of methoxy groups -OCH3 is 1. The molecule has 3 heterocycles. The number of nitrogens with zero attached hydrogens (tertiary/aromatic N) is 4. The normalized spacial score (nSPS) is 12.3. The molecule has 3 aromatic carbocycles. The molecule has 10 nitrogen and oxygen atoms in total. The standard InChI is InChI=1S/C42H43ClFIN4O6Si/c1-8-52-41(50)34(54-40-37-36(45)35(26-13-15-28(44)16-14-26)38(43)49(37)22-21-47-40)24-27-23-30(55-56(6,7)42(2,3)4)17-18-32(27)53-25-29-19-20-46-39(48-29)31-11-9-10-12-33(31)51-5/h9-23,34H,8,24-25H2,1-7H3/t34-/m1/s1. The maximum absolute atomic E-state index is 13.8. The molecule has 0 aliphatic carbocycles. The number of ether oxygens (including phenoxy) is 4. The van der Waals surface area contributed by atoms with E-state index in [2.05, 4.69) is 66.4 Å². The van der Waals surface area contributed by atoms with Gasteiger partial charge >= 0.3 is 5.97 Å². The Bertz CT molecular complexity index is 2350. The Balaban J connectivity index is 1.37. The molecule has 6 rings (SSSR count). The molecule has 14 heteroatoms. The van der Waals surface area contributed by atoms with Crippen LogP contribution < -0.4 is 18.6 Å². The molecule has 0 aliphatic heterocycles. The molecular weight excluding hydrogens is 866 g/mol. The fraction of sp³-hybridized carbons (Fsp3) is 0.286. The number of rotatable bonds is 14. The molecule has 0 fully saturated rings. The van der Waals surface area contributed by atoms with E-state index in [4.69, 9.17) is 40.0 Å². The molecule has 0 unspecified atom stereocenters. The number of hydrogen-bond donors (Lipinski definition) is 0. The van der Waals surface area contributed by atoms with Crippen LogP contribution in [-0.2, 0) is 22.6 Å². The number of halogens is 3. The predicted octanol–water partition coefficient (Wildman–Crippen LogP) is 10.4. The first-order valence-electron chi connectivity index (χ1n) is 18.0. The molecule has 0 radical (unpaired) electrons. The third-order valence-corrected chi connectivity index (χ3v) is 15.5. The van der Waals surface area contributed by atoms with Crippen molar-refractivity contribution in [3.05, 3.63) is 117 Å². The highest BCUT2D eigenvalue weighted by molar-refractivity contribution is 14.1. The monoisotopic (exact) mass is 908 g/mol. The van der Waals surface area contributed by atoms with E-state index < -0.39 is 20.4 Å². The van der Waals surface area contributed by atoms with Crippen LogP contribution in [0.4, 0.5) is 4.39 Å². The van der Waals surface area contributed by atoms with Gasteiger partial charge in [0.2, 0.25) is 20.3 Å². The summed E-state index contributed by atoms with van der Waals surface area (Å²) in [5.74, 6) is 1.55. The molecule has 0 saturated carbocycles. The average Bonchev–Trinajstić information content (AvgIpc) is 3.43. The van der Waals surface area contributed by atoms with Gasteiger partial charge in [0.1, 0.15) is 40.3 Å². The Morgan fingerprint density at radius 3 is 2.46 bits per heavy atom. The lowest BCUT2D eigenvalue weighted by atomic mass is 10.1. The van der Waals surface area contributed by atoms with Gasteiger partial charge in [-0.2, -0.15) is 0 Å². The van der Waals surface area contributed by atoms with Crippen LogP contribution in [0.1, 0.15) is 39.0 Å². The van der Waals surface area contributed by atoms with Crippen molar-refractivity contribution in [1.82, 2.24) is 19.4 Å². The number of fused-ring (bicyclic) bond motifs is 1. The van der Waals surface area contributed by atoms with E-state index in [-0.39, 0.29) is 36.4 Å². The number of carbonyl (C=O) groups excluding carboxylic acids is 1. The molecule has 0 N–H and O–H groups in total. The van der Waals surface area contributed by atoms with Crippen LogP contribution in [0.15, 0.2) is 91.4 Å². The van der Waals surface area contributed by atoms with Gasteiger partial charge in [0.15, 0.2) is 5.82 Å². The first-order valence-corrected chi connectivity index (χ1v) is 22.4. The van der Waals surface area contributed by atoms with Crippen molar-refractivity contribution in [2.24, 2.45) is 0 Å². The average molecular weight is 909 g/mol. The summed E-state index contributed by atoms with van der Waals surface area (Å²) in [4.78, 5) is 27.5. The largest absolute Gasteiger partial charge is 0.543 e. The molecule has 0 saturated heterocycles. The van der Waals surface area contributed by atoms with E-state index in [0.717, 1.165) is 14.7 Å². The smallest absolute Gasteiger partial charge is 0.347 e. The second-order valence-electron chi connectivity index (χ2n) is 14.5. The van der Waals surface area contributed by atoms with E-state index in [1.165, 1.54) is 12.1 Å². The van der Waals surface area contributed by atoms with Crippen molar-refractivity contribution < 1.29 is 32.6 Å². The van der Waals surface area contributed by atoms with Gasteiger partial charge in [-0.05, 0) is 102 Å². The maximum atomic E-state index is 13.8. The number of esters is 1. The van der Waals surface area contributed by atoms with Crippen molar-refractivity contribution in [3.63, 3.8) is 0 Å². The summed E-state index contributed by atoms with van der Waals surface area (Å²) in [6.07, 6.45) is 3.84. The van der Waals surface area contributed by atoms with Crippen molar-refractivity contribution in [3.8, 4) is 45.6 Å². The number of para-hydroxylation sites is 1. The summed E-state index contributed by atoms with van der Waals surface area (Å²) in [6.45, 7) is 12.9. The van der Waals surface area contributed by atoms with Gasteiger partial charge < -0.3 is 23.4 Å². The Labute approximate surface area is 345 Å². The molecule has 0 amide bonds. The van der Waals surface area contributed by atoms with Crippen molar-refractivity contribution in [2.45, 2.75) is 65.0 Å². The summed E-state index contributed by atoms with van der Waals surface area (Å²) < 4.78 is 47.0. The lowest BCUT2D eigenvalue weighted by Crippen LogP contribution is -2.43. The fourth-order valence-corrected chi connectivity index (χ4v) is 8.33. The summed E-state index contributed by atoms with van der Waals surface area (Å²) in [7, 11) is -0.641. The molecule has 1 atom stereocenters. The fourth-order valence-electron chi connectivity index (χ4n) is 5.75. The van der Waals surface area contributed by atoms with E-state index in [0.29, 0.717) is 50.6 Å². The Morgan fingerprint density at radius 1 is 1.00 bits per heavy atom. The zero-order valence-electron chi connectivity index (χ0n) is 32.2. The highest BCUT2D eigenvalue weighted by Crippen LogP contribution is 2.41. The van der Waals surface area contributed by atoms with E-state index in [1.807, 2.05) is 42.5 Å². The van der Waals surface area contributed by atoms with Gasteiger partial charge in [-0.1, -0.05) is 56.6 Å². The van der Waals surface area contributed by atoms with Crippen LogP contribution >= 0.6 is 34.2 Å². The Hall–Kier alpha value is -4.73. The zero-order valence-corrected chi connectivity index (χ0v) is 36.1. The van der Waals surface area contributed by atoms with Gasteiger partial charge in [-0.3, -0.25) is 4.40 Å². The number of aromatic nitrogens is 4. The summed E-state index contributed by atoms with van der Waals surface area (Å²) in [5.41, 5.74) is 4.00. The first-order chi connectivity index (χ1) is 26.7. The number of benzene rings is 3. The second kappa shape index (κ2) is 17.2. The highest BCUT2D eigenvalue weighted by Gasteiger charge is 2.39. The van der Waals surface area contributed by atoms with Gasteiger partial charge in [-0.25, -0.2) is 24.1 Å². The first kappa shape index (κ1) is 40.9. The molecule has 0 bridgehead atoms. The van der Waals surface area contributed by atoms with Crippen LogP contribution in [-0.4, -0.2) is 53.5 Å². The van der Waals surface area contributed by atoms with Gasteiger partial charge in [0.05, 0.1) is 28.5 Å². The molecule has 6 aromatic rings. The molecule has 3 aromatic heterocycles. The molecule has 56 heavy (non-hydrogen) atoms. The van der Waals surface area contributed by atoms with E-state index in [9.17, 15) is 9.18 Å². The van der Waals surface area contributed by atoms with Crippen LogP contribution in [0.2, 0.25) is 23.3 Å². The van der Waals surface area contributed by atoms with E-state index >= 15 is 0 Å². The van der Waals surface area contributed by atoms with Crippen LogP contribution in [0, 0.1) is 9.39 Å². The maximum Gasteiger partial charge on any atom is 0.347 e. The Kier molecular flexibility index (Phi) is 12.6. The minimum atomic E-state index is -2.25. The van der Waals surface area contributed by atoms with Crippen molar-refractivity contribution in [1.29, 1.82) is 0 Å². The van der Waals surface area contributed by atoms with Gasteiger partial charge in [0.25, 0.3) is 0 Å². The minimum absolute atomic E-state index is 0.0533. The van der Waals surface area contributed by atoms with Crippen molar-refractivity contribution in [2.75, 3.05) is 13.7 Å². The molecule has 0 aliphatic rings. The van der Waals surface area contributed by atoms with Gasteiger partial charge in [0, 0.05) is 36.1 Å². The molecular formula is C42H43ClFIN4O6Si. The summed E-state index contributed by atoms with van der Waals surface area (Å²) in [6, 6.07) is 21.0. The predicted molar refractivity (Wildman–Crippen MR) is 226 cm³/mol. The third-order valence-electron chi connectivity index (χ3n) is 9.69. The minimum Gasteiger partial charge on any atom is -0.543 e. The lowest BCUT2D eigenvalue weighted by molar-refractivity contribution is -0.151. The van der Waals surface area contributed by atoms with Crippen molar-refractivity contribution >= 4 is 54.0 Å².